The molecule has 0 saturated carbocycles. The Morgan fingerprint density at radius 3 is 2.75 bits per heavy atom. The van der Waals surface area contributed by atoms with E-state index in [-0.39, 0.29) is 13.0 Å². The monoisotopic (exact) mass is 117 g/mol. The molecular weight excluding hydrogens is 110 g/mol. The molecule has 0 aliphatic carbocycles. The Morgan fingerprint density at radius 2 is 2.38 bits per heavy atom. The topological polar surface area (TPSA) is 66.4 Å². The van der Waals surface area contributed by atoms with Crippen molar-refractivity contribution in [3.05, 3.63) is 0 Å². The minimum absolute atomic E-state index is 0.207. The fraction of sp³-hybridized carbons (Fsp3) is 0.500. The second-order valence-electron chi connectivity index (χ2n) is 1.19. The van der Waals surface area contributed by atoms with Crippen LogP contribution in [0.2, 0.25) is 0 Å². The lowest BCUT2D eigenvalue weighted by molar-refractivity contribution is -0.107. The van der Waals surface area contributed by atoms with E-state index in [2.05, 4.69) is 0 Å². The van der Waals surface area contributed by atoms with E-state index in [1.165, 1.54) is 0 Å². The molecule has 0 bridgehead atoms. The van der Waals surface area contributed by atoms with Gasteiger partial charge in [0.2, 0.25) is 0 Å². The molecule has 0 rings (SSSR count). The molecule has 4 heteroatoms. The van der Waals surface area contributed by atoms with Crippen LogP contribution in [0.1, 0.15) is 6.42 Å². The number of hydrogen-bond donors (Lipinski definition) is 2. The van der Waals surface area contributed by atoms with Gasteiger partial charge in [0, 0.05) is 13.0 Å². The molecule has 0 saturated heterocycles. The molecule has 1 amide bonds. The average molecular weight is 117 g/mol. The van der Waals surface area contributed by atoms with Gasteiger partial charge in [-0.05, 0) is 0 Å². The summed E-state index contributed by atoms with van der Waals surface area (Å²) in [7, 11) is 0. The highest BCUT2D eigenvalue weighted by atomic mass is 16.4. The van der Waals surface area contributed by atoms with Gasteiger partial charge in [-0.2, -0.15) is 0 Å². The third kappa shape index (κ3) is 4.94. The maximum atomic E-state index is 9.65. The maximum Gasteiger partial charge on any atom is 0.404 e. The molecule has 0 aliphatic rings. The van der Waals surface area contributed by atoms with Gasteiger partial charge < -0.3 is 15.2 Å². The van der Waals surface area contributed by atoms with Crippen LogP contribution in [0.25, 0.3) is 0 Å². The Labute approximate surface area is 46.5 Å². The first kappa shape index (κ1) is 6.94. The largest absolute Gasteiger partial charge is 0.465 e. The van der Waals surface area contributed by atoms with Crippen molar-refractivity contribution < 1.29 is 14.7 Å². The minimum atomic E-state index is -1.09. The van der Waals surface area contributed by atoms with Gasteiger partial charge in [0.15, 0.2) is 0 Å². The average Bonchev–Trinajstić information content (AvgIpc) is 1.66. The number of rotatable bonds is 3. The summed E-state index contributed by atoms with van der Waals surface area (Å²) in [6.07, 6.45) is -0.186. The number of aldehydes is 1. The summed E-state index contributed by atoms with van der Waals surface area (Å²) in [5.74, 6) is 0. The molecule has 0 radical (unpaired) electrons. The lowest BCUT2D eigenvalue weighted by Gasteiger charge is -1.91. The normalized spacial score (nSPS) is 8.00. The van der Waals surface area contributed by atoms with Gasteiger partial charge in [-0.3, -0.25) is 0 Å². The third-order valence-electron chi connectivity index (χ3n) is 0.538. The van der Waals surface area contributed by atoms with Crippen LogP contribution in [0.3, 0.4) is 0 Å². The summed E-state index contributed by atoms with van der Waals surface area (Å²) in [5.41, 5.74) is 0. The van der Waals surface area contributed by atoms with Crippen LogP contribution in [0.15, 0.2) is 0 Å². The zero-order chi connectivity index (χ0) is 6.41. The summed E-state index contributed by atoms with van der Waals surface area (Å²) < 4.78 is 0. The summed E-state index contributed by atoms with van der Waals surface area (Å²) in [5, 5.41) is 9.94. The fourth-order valence-electron chi connectivity index (χ4n) is 0.238. The summed E-state index contributed by atoms with van der Waals surface area (Å²) in [4.78, 5) is 19.2. The zero-order valence-electron chi connectivity index (χ0n) is 4.26. The van der Waals surface area contributed by atoms with Crippen molar-refractivity contribution in [3.63, 3.8) is 0 Å². The first-order valence-electron chi connectivity index (χ1n) is 2.18. The molecule has 46 valence electrons. The van der Waals surface area contributed by atoms with Crippen molar-refractivity contribution in [1.82, 2.24) is 5.32 Å². The molecule has 0 aromatic carbocycles. The van der Waals surface area contributed by atoms with E-state index >= 15 is 0 Å². The minimum Gasteiger partial charge on any atom is -0.465 e. The lowest BCUT2D eigenvalue weighted by atomic mass is 10.5. The molecule has 0 unspecified atom stereocenters. The smallest absolute Gasteiger partial charge is 0.404 e. The summed E-state index contributed by atoms with van der Waals surface area (Å²) in [6, 6.07) is 0. The molecule has 0 aromatic heterocycles. The van der Waals surface area contributed by atoms with Crippen molar-refractivity contribution in [2.24, 2.45) is 0 Å². The van der Waals surface area contributed by atoms with Gasteiger partial charge in [-0.15, -0.1) is 0 Å². The number of nitrogens with one attached hydrogen (secondary N) is 1. The van der Waals surface area contributed by atoms with Crippen LogP contribution in [0.4, 0.5) is 4.79 Å². The predicted octanol–water partition coefficient (Wildman–Crippen LogP) is -0.157. The molecule has 2 N–H and O–H groups in total. The quantitative estimate of drug-likeness (QED) is 0.399. The van der Waals surface area contributed by atoms with Crippen LogP contribution in [-0.4, -0.2) is 24.0 Å². The van der Waals surface area contributed by atoms with E-state index in [9.17, 15) is 9.59 Å². The number of hydrogen-bond acceptors (Lipinski definition) is 2. The highest BCUT2D eigenvalue weighted by molar-refractivity contribution is 5.64. The Balaban J connectivity index is 2.93. The Morgan fingerprint density at radius 1 is 1.75 bits per heavy atom. The van der Waals surface area contributed by atoms with Crippen molar-refractivity contribution in [1.29, 1.82) is 0 Å². The van der Waals surface area contributed by atoms with Crippen LogP contribution in [0, 0.1) is 0 Å². The van der Waals surface area contributed by atoms with Crippen LogP contribution in [-0.2, 0) is 4.79 Å². The van der Waals surface area contributed by atoms with E-state index in [4.69, 9.17) is 5.11 Å². The first-order valence-corrected chi connectivity index (χ1v) is 2.18. The summed E-state index contributed by atoms with van der Waals surface area (Å²) >= 11 is 0. The van der Waals surface area contributed by atoms with Crippen molar-refractivity contribution >= 4 is 12.4 Å². The molecule has 0 aromatic rings. The standard InChI is InChI=1S/C4H7NO3/c6-3-1-2-5-4(7)8/h3,5H,1-2H2,(H,7,8). The van der Waals surface area contributed by atoms with Gasteiger partial charge in [0.1, 0.15) is 6.29 Å². The van der Waals surface area contributed by atoms with Gasteiger partial charge in [-0.1, -0.05) is 0 Å². The molecule has 0 heterocycles. The highest BCUT2D eigenvalue weighted by Crippen LogP contribution is 1.65. The van der Waals surface area contributed by atoms with Crippen molar-refractivity contribution in [3.8, 4) is 0 Å². The fourth-order valence-corrected chi connectivity index (χ4v) is 0.238. The van der Waals surface area contributed by atoms with Crippen molar-refractivity contribution in [2.45, 2.75) is 6.42 Å². The number of amides is 1. The molecule has 8 heavy (non-hydrogen) atoms. The number of carbonyl (C=O) groups excluding carboxylic acids is 1. The number of carboxylic acid groups (broad SMARTS) is 1. The van der Waals surface area contributed by atoms with Crippen molar-refractivity contribution in [2.75, 3.05) is 6.54 Å². The second-order valence-corrected chi connectivity index (χ2v) is 1.19. The second kappa shape index (κ2) is 4.11. The van der Waals surface area contributed by atoms with E-state index < -0.39 is 6.09 Å². The molecule has 0 spiro atoms. The van der Waals surface area contributed by atoms with Gasteiger partial charge >= 0.3 is 6.09 Å². The Bertz CT molecular complexity index is 91.3. The molecular formula is C4H7NO3. The van der Waals surface area contributed by atoms with Crippen LogP contribution in [0.5, 0.6) is 0 Å². The zero-order valence-corrected chi connectivity index (χ0v) is 4.26. The third-order valence-corrected chi connectivity index (χ3v) is 0.538. The Kier molecular flexibility index (Phi) is 3.56. The Hall–Kier alpha value is -1.06. The van der Waals surface area contributed by atoms with E-state index in [0.717, 1.165) is 0 Å². The molecule has 0 aliphatic heterocycles. The lowest BCUT2D eigenvalue weighted by Crippen LogP contribution is -2.21. The van der Waals surface area contributed by atoms with Gasteiger partial charge in [-0.25, -0.2) is 4.79 Å². The van der Waals surface area contributed by atoms with Crippen LogP contribution >= 0.6 is 0 Å². The molecule has 4 nitrogen and oxygen atoms in total. The molecule has 0 fully saturated rings. The van der Waals surface area contributed by atoms with Crippen LogP contribution < -0.4 is 5.32 Å². The van der Waals surface area contributed by atoms with E-state index in [1.54, 1.807) is 0 Å². The number of carbonyl (C=O) groups is 2. The predicted molar refractivity (Wildman–Crippen MR) is 26.7 cm³/mol. The van der Waals surface area contributed by atoms with Gasteiger partial charge in [0.25, 0.3) is 0 Å². The van der Waals surface area contributed by atoms with E-state index in [0.29, 0.717) is 6.29 Å². The van der Waals surface area contributed by atoms with Gasteiger partial charge in [0.05, 0.1) is 0 Å². The molecule has 0 atom stereocenters. The summed E-state index contributed by atoms with van der Waals surface area (Å²) in [6.45, 7) is 0.207. The van der Waals surface area contributed by atoms with E-state index in [1.807, 2.05) is 5.32 Å². The highest BCUT2D eigenvalue weighted by Gasteiger charge is 1.89. The first-order chi connectivity index (χ1) is 3.77. The SMILES string of the molecule is O=CCCNC(=O)O. The maximum absolute atomic E-state index is 9.65.